The summed E-state index contributed by atoms with van der Waals surface area (Å²) in [6, 6.07) is 6.05. The van der Waals surface area contributed by atoms with Gasteiger partial charge < -0.3 is 10.2 Å². The number of fused-ring (bicyclic) bond motifs is 4. The van der Waals surface area contributed by atoms with Crippen molar-refractivity contribution >= 4 is 9.84 Å². The molecule has 0 radical (unpaired) electrons. The molecule has 0 unspecified atom stereocenters. The molecule has 0 bridgehead atoms. The molecule has 0 aromatic heterocycles. The van der Waals surface area contributed by atoms with E-state index in [9.17, 15) is 40.6 Å². The second-order valence-electron chi connectivity index (χ2n) is 11.5. The Balaban J connectivity index is 1.69. The topological polar surface area (TPSA) is 74.6 Å². The maximum atomic E-state index is 15.0. The summed E-state index contributed by atoms with van der Waals surface area (Å²) in [5.41, 5.74) is -1.37. The third-order valence-corrected chi connectivity index (χ3v) is 10.7. The van der Waals surface area contributed by atoms with Gasteiger partial charge in [0.15, 0.2) is 9.84 Å². The summed E-state index contributed by atoms with van der Waals surface area (Å²) in [5.74, 6) is -6.71. The average molecular weight is 547 g/mol. The van der Waals surface area contributed by atoms with E-state index in [2.05, 4.69) is 0 Å². The van der Waals surface area contributed by atoms with Crippen molar-refractivity contribution in [2.75, 3.05) is 6.26 Å². The zero-order valence-corrected chi connectivity index (χ0v) is 21.5. The first-order valence-corrected chi connectivity index (χ1v) is 14.5. The van der Waals surface area contributed by atoms with E-state index >= 15 is 0 Å². The lowest BCUT2D eigenvalue weighted by Gasteiger charge is -2.56. The molecule has 4 aliphatic rings. The third kappa shape index (κ3) is 3.84. The quantitative estimate of drug-likeness (QED) is 0.477. The SMILES string of the molecule is C[C@]12C[C@H](c3ccc(S(C)(=O)=O)cc3)C3=C4CC[C@@H](O)C=C4CC[C@H]3[C@@H]1CC[C@@]2(O)C(F)(F)C(F)(F)F. The van der Waals surface area contributed by atoms with Gasteiger partial charge in [-0.1, -0.05) is 30.7 Å². The van der Waals surface area contributed by atoms with Crippen LogP contribution in [0.3, 0.4) is 0 Å². The Morgan fingerprint density at radius 2 is 1.65 bits per heavy atom. The number of alkyl halides is 5. The van der Waals surface area contributed by atoms with Crippen molar-refractivity contribution in [3.8, 4) is 0 Å². The van der Waals surface area contributed by atoms with Gasteiger partial charge in [-0.05, 0) is 85.6 Å². The Morgan fingerprint density at radius 3 is 2.24 bits per heavy atom. The summed E-state index contributed by atoms with van der Waals surface area (Å²) < 4.78 is 94.8. The molecular formula is C27H31F5O4S. The van der Waals surface area contributed by atoms with Crippen LogP contribution in [-0.4, -0.2) is 48.7 Å². The van der Waals surface area contributed by atoms with Crippen molar-refractivity contribution in [3.63, 3.8) is 0 Å². The predicted molar refractivity (Wildman–Crippen MR) is 127 cm³/mol. The maximum absolute atomic E-state index is 15.0. The normalized spacial score (nSPS) is 36.5. The average Bonchev–Trinajstić information content (AvgIpc) is 3.09. The number of rotatable bonds is 3. The van der Waals surface area contributed by atoms with Gasteiger partial charge in [-0.15, -0.1) is 0 Å². The lowest BCUT2D eigenvalue weighted by molar-refractivity contribution is -0.362. The number of sulfone groups is 1. The molecule has 0 spiro atoms. The molecule has 10 heteroatoms. The lowest BCUT2D eigenvalue weighted by Crippen LogP contribution is -2.65. The molecule has 204 valence electrons. The molecule has 0 amide bonds. The molecule has 2 fully saturated rings. The molecule has 0 aliphatic heterocycles. The monoisotopic (exact) mass is 546 g/mol. The van der Waals surface area contributed by atoms with E-state index < -0.39 is 57.3 Å². The van der Waals surface area contributed by atoms with Gasteiger partial charge in [0.05, 0.1) is 11.0 Å². The second kappa shape index (κ2) is 8.36. The van der Waals surface area contributed by atoms with Crippen LogP contribution in [0.4, 0.5) is 22.0 Å². The number of hydrogen-bond donors (Lipinski definition) is 2. The van der Waals surface area contributed by atoms with Gasteiger partial charge in [-0.3, -0.25) is 0 Å². The van der Waals surface area contributed by atoms with Gasteiger partial charge in [0.1, 0.15) is 5.60 Å². The second-order valence-corrected chi connectivity index (χ2v) is 13.5. The van der Waals surface area contributed by atoms with Crippen molar-refractivity contribution < 1.29 is 40.6 Å². The van der Waals surface area contributed by atoms with E-state index in [1.165, 1.54) is 19.1 Å². The smallest absolute Gasteiger partial charge is 0.389 e. The number of benzene rings is 1. The molecule has 0 heterocycles. The van der Waals surface area contributed by atoms with E-state index in [0.29, 0.717) is 31.2 Å². The van der Waals surface area contributed by atoms with Crippen LogP contribution in [-0.2, 0) is 9.84 Å². The van der Waals surface area contributed by atoms with Crippen molar-refractivity contribution in [2.45, 2.75) is 86.5 Å². The minimum atomic E-state index is -5.90. The van der Waals surface area contributed by atoms with Crippen molar-refractivity contribution in [3.05, 3.63) is 52.6 Å². The van der Waals surface area contributed by atoms with E-state index in [-0.39, 0.29) is 23.7 Å². The zero-order valence-electron chi connectivity index (χ0n) is 20.7. The summed E-state index contributed by atoms with van der Waals surface area (Å²) in [6.45, 7) is 1.37. The fourth-order valence-electron chi connectivity index (χ4n) is 7.78. The number of allylic oxidation sites excluding steroid dienone is 3. The number of aliphatic hydroxyl groups is 2. The fraction of sp³-hybridized carbons (Fsp3) is 0.630. The number of halogens is 5. The Morgan fingerprint density at radius 1 is 1.00 bits per heavy atom. The van der Waals surface area contributed by atoms with Gasteiger partial charge in [0.2, 0.25) is 0 Å². The van der Waals surface area contributed by atoms with Gasteiger partial charge in [0.25, 0.3) is 0 Å². The van der Waals surface area contributed by atoms with E-state index in [4.69, 9.17) is 0 Å². The first kappa shape index (κ1) is 26.8. The van der Waals surface area contributed by atoms with Crippen molar-refractivity contribution in [1.29, 1.82) is 0 Å². The highest BCUT2D eigenvalue weighted by atomic mass is 32.2. The maximum Gasteiger partial charge on any atom is 0.456 e. The first-order valence-electron chi connectivity index (χ1n) is 12.6. The standard InChI is InChI=1S/C27H31F5O4S/c1-24-14-21(15-3-7-18(8-4-15)37(2,35)36)23-19-10-6-17(33)13-16(19)5-9-20(23)22(24)11-12-25(24,34)26(28,29)27(30,31)32/h3-4,7-8,13,17,20-22,33-34H,5-6,9-12,14H2,1-2H3/t17-,20+,21-,22+,24+,25+/m1/s1. The molecular weight excluding hydrogens is 515 g/mol. The Kier molecular flexibility index (Phi) is 6.06. The van der Waals surface area contributed by atoms with Crippen LogP contribution in [0.1, 0.15) is 63.4 Å². The summed E-state index contributed by atoms with van der Waals surface area (Å²) in [6.07, 6.45) is -2.14. The number of hydrogen-bond acceptors (Lipinski definition) is 4. The predicted octanol–water partition coefficient (Wildman–Crippen LogP) is 5.71. The fourth-order valence-corrected chi connectivity index (χ4v) is 8.41. The van der Waals surface area contributed by atoms with E-state index in [1.54, 1.807) is 12.1 Å². The molecule has 0 saturated heterocycles. The largest absolute Gasteiger partial charge is 0.456 e. The highest BCUT2D eigenvalue weighted by Crippen LogP contribution is 2.70. The molecule has 2 saturated carbocycles. The molecule has 5 rings (SSSR count). The molecule has 6 atom stereocenters. The van der Waals surface area contributed by atoms with Crippen LogP contribution in [0.25, 0.3) is 0 Å². The van der Waals surface area contributed by atoms with Crippen LogP contribution >= 0.6 is 0 Å². The van der Waals surface area contributed by atoms with Crippen LogP contribution in [0.15, 0.2) is 52.0 Å². The Bertz CT molecular complexity index is 1270. The molecule has 4 aliphatic carbocycles. The van der Waals surface area contributed by atoms with Crippen molar-refractivity contribution in [1.82, 2.24) is 0 Å². The molecule has 2 N–H and O–H groups in total. The molecule has 4 nitrogen and oxygen atoms in total. The molecule has 37 heavy (non-hydrogen) atoms. The van der Waals surface area contributed by atoms with Crippen molar-refractivity contribution in [2.24, 2.45) is 17.3 Å². The highest BCUT2D eigenvalue weighted by Gasteiger charge is 2.79. The van der Waals surface area contributed by atoms with Crippen LogP contribution in [0, 0.1) is 17.3 Å². The minimum Gasteiger partial charge on any atom is -0.389 e. The zero-order chi connectivity index (χ0) is 27.2. The summed E-state index contributed by atoms with van der Waals surface area (Å²) in [4.78, 5) is 0.0799. The van der Waals surface area contributed by atoms with Crippen LogP contribution < -0.4 is 0 Å². The highest BCUT2D eigenvalue weighted by molar-refractivity contribution is 7.90. The Labute approximate surface area is 213 Å². The summed E-state index contributed by atoms with van der Waals surface area (Å²) >= 11 is 0. The number of aliphatic hydroxyl groups excluding tert-OH is 1. The van der Waals surface area contributed by atoms with Crippen LogP contribution in [0.5, 0.6) is 0 Å². The summed E-state index contributed by atoms with van der Waals surface area (Å²) in [5, 5.41) is 21.5. The third-order valence-electron chi connectivity index (χ3n) is 9.60. The van der Waals surface area contributed by atoms with Gasteiger partial charge in [-0.25, -0.2) is 8.42 Å². The van der Waals surface area contributed by atoms with Gasteiger partial charge in [-0.2, -0.15) is 22.0 Å². The van der Waals surface area contributed by atoms with E-state index in [1.807, 2.05) is 6.08 Å². The lowest BCUT2D eigenvalue weighted by atomic mass is 9.50. The van der Waals surface area contributed by atoms with Crippen LogP contribution in [0.2, 0.25) is 0 Å². The first-order chi connectivity index (χ1) is 17.0. The Hall–Kier alpha value is -1.78. The van der Waals surface area contributed by atoms with Gasteiger partial charge in [0, 0.05) is 17.6 Å². The minimum absolute atomic E-state index is 0.0571. The van der Waals surface area contributed by atoms with E-state index in [0.717, 1.165) is 23.0 Å². The molecule has 1 aromatic carbocycles. The summed E-state index contributed by atoms with van der Waals surface area (Å²) in [7, 11) is -3.49. The van der Waals surface area contributed by atoms with Gasteiger partial charge >= 0.3 is 12.1 Å². The molecule has 1 aromatic rings.